The van der Waals surface area contributed by atoms with Gasteiger partial charge in [0, 0.05) is 17.5 Å². The molecule has 0 bridgehead atoms. The van der Waals surface area contributed by atoms with Crippen LogP contribution in [0, 0.1) is 6.92 Å². The molecule has 0 amide bonds. The number of aliphatic hydroxyl groups excluding tert-OH is 10. The second kappa shape index (κ2) is 14.4. The molecule has 18 heteroatoms. The first-order chi connectivity index (χ1) is 21.8. The molecule has 15 atom stereocenters. The van der Waals surface area contributed by atoms with Crippen LogP contribution in [0.4, 0.5) is 0 Å². The van der Waals surface area contributed by atoms with Crippen molar-refractivity contribution in [2.45, 2.75) is 99.0 Å². The minimum Gasteiger partial charge on any atom is -0.462 e. The summed E-state index contributed by atoms with van der Waals surface area (Å²) < 4.78 is 38.2. The van der Waals surface area contributed by atoms with Gasteiger partial charge in [0.15, 0.2) is 12.6 Å². The monoisotopic (exact) mass is 662 g/mol. The fourth-order valence-corrected chi connectivity index (χ4v) is 5.44. The Kier molecular flexibility index (Phi) is 10.9. The first-order valence-electron chi connectivity index (χ1n) is 14.4. The number of ether oxygens (including phenoxy) is 6. The number of aliphatic hydroxyl groups is 10. The van der Waals surface area contributed by atoms with Crippen molar-refractivity contribution in [2.75, 3.05) is 19.8 Å². The third kappa shape index (κ3) is 7.06. The van der Waals surface area contributed by atoms with Gasteiger partial charge in [0.05, 0.1) is 19.8 Å². The molecule has 0 spiro atoms. The van der Waals surface area contributed by atoms with Crippen LogP contribution in [0.25, 0.3) is 11.0 Å². The standard InChI is InChI=1S/C28H38O18/c1-9-4-16(30)43-12-5-10(2-3-11(9)12)42-28-25(39)22(36)19(33)15(46-28)8-41-27-24(38)21(35)18(32)14(45-27)7-40-26-23(37)20(34)17(31)13(6-29)44-26/h2-5,13-15,17-29,31-39H,6-8H2,1H3. The van der Waals surface area contributed by atoms with Crippen LogP contribution in [0.15, 0.2) is 33.5 Å². The maximum Gasteiger partial charge on any atom is 0.336 e. The van der Waals surface area contributed by atoms with E-state index in [1.54, 1.807) is 13.0 Å². The van der Waals surface area contributed by atoms with E-state index >= 15 is 0 Å². The molecule has 18 nitrogen and oxygen atoms in total. The Morgan fingerprint density at radius 1 is 0.630 bits per heavy atom. The maximum atomic E-state index is 11.8. The van der Waals surface area contributed by atoms with E-state index in [1.165, 1.54) is 18.2 Å². The van der Waals surface area contributed by atoms with Gasteiger partial charge in [-0.1, -0.05) is 0 Å². The molecule has 1 aromatic heterocycles. The molecular formula is C28H38O18. The average Bonchev–Trinajstić information content (AvgIpc) is 3.03. The molecule has 3 fully saturated rings. The van der Waals surface area contributed by atoms with Crippen LogP contribution in [0.5, 0.6) is 5.75 Å². The minimum absolute atomic E-state index is 0.0962. The SMILES string of the molecule is Cc1cc(=O)oc2cc(OC3OC(COC4OC(COC5OC(CO)C(O)C(O)C5O)C(O)C(O)C4O)C(O)C(O)C3O)ccc12. The van der Waals surface area contributed by atoms with Crippen LogP contribution >= 0.6 is 0 Å². The Morgan fingerprint density at radius 2 is 1.11 bits per heavy atom. The lowest BCUT2D eigenvalue weighted by atomic mass is 9.98. The number of rotatable bonds is 9. The van der Waals surface area contributed by atoms with Gasteiger partial charge >= 0.3 is 5.63 Å². The van der Waals surface area contributed by atoms with Crippen molar-refractivity contribution in [3.8, 4) is 5.75 Å². The van der Waals surface area contributed by atoms with E-state index < -0.39 is 118 Å². The molecule has 46 heavy (non-hydrogen) atoms. The predicted molar refractivity (Wildman–Crippen MR) is 147 cm³/mol. The van der Waals surface area contributed by atoms with Gasteiger partial charge in [0.25, 0.3) is 0 Å². The molecular weight excluding hydrogens is 624 g/mol. The van der Waals surface area contributed by atoms with E-state index in [0.717, 1.165) is 0 Å². The van der Waals surface area contributed by atoms with E-state index in [2.05, 4.69) is 0 Å². The van der Waals surface area contributed by atoms with E-state index in [1.807, 2.05) is 0 Å². The predicted octanol–water partition coefficient (Wildman–Crippen LogP) is -5.07. The zero-order chi connectivity index (χ0) is 33.4. The fourth-order valence-electron chi connectivity index (χ4n) is 5.44. The van der Waals surface area contributed by atoms with Crippen molar-refractivity contribution >= 4 is 11.0 Å². The summed E-state index contributed by atoms with van der Waals surface area (Å²) in [5.74, 6) is 0.0962. The Morgan fingerprint density at radius 3 is 1.65 bits per heavy atom. The van der Waals surface area contributed by atoms with Gasteiger partial charge in [-0.05, 0) is 24.6 Å². The number of benzene rings is 1. The highest BCUT2D eigenvalue weighted by Gasteiger charge is 2.49. The van der Waals surface area contributed by atoms with Crippen LogP contribution in [-0.2, 0) is 23.7 Å². The van der Waals surface area contributed by atoms with Crippen LogP contribution in [0.1, 0.15) is 5.56 Å². The molecule has 3 aliphatic heterocycles. The zero-order valence-electron chi connectivity index (χ0n) is 24.3. The third-order valence-corrected chi connectivity index (χ3v) is 8.21. The van der Waals surface area contributed by atoms with E-state index in [4.69, 9.17) is 32.8 Å². The van der Waals surface area contributed by atoms with Gasteiger partial charge < -0.3 is 83.9 Å². The molecule has 0 radical (unpaired) electrons. The highest BCUT2D eigenvalue weighted by Crippen LogP contribution is 2.30. The summed E-state index contributed by atoms with van der Waals surface area (Å²) in [4.78, 5) is 11.8. The summed E-state index contributed by atoms with van der Waals surface area (Å²) in [7, 11) is 0. The topological polar surface area (TPSA) is 288 Å². The van der Waals surface area contributed by atoms with Gasteiger partial charge in [-0.3, -0.25) is 0 Å². The Balaban J connectivity index is 1.21. The van der Waals surface area contributed by atoms with E-state index in [0.29, 0.717) is 10.9 Å². The second-order valence-electron chi connectivity index (χ2n) is 11.4. The smallest absolute Gasteiger partial charge is 0.336 e. The van der Waals surface area contributed by atoms with E-state index in [-0.39, 0.29) is 11.3 Å². The quantitative estimate of drug-likeness (QED) is 0.112. The van der Waals surface area contributed by atoms with Crippen LogP contribution in [0.2, 0.25) is 0 Å². The lowest BCUT2D eigenvalue weighted by molar-refractivity contribution is -0.339. The maximum absolute atomic E-state index is 11.8. The molecule has 4 heterocycles. The Labute approximate surface area is 260 Å². The summed E-state index contributed by atoms with van der Waals surface area (Å²) in [5, 5.41) is 103. The summed E-state index contributed by atoms with van der Waals surface area (Å²) in [6, 6.07) is 5.83. The molecule has 0 saturated carbocycles. The molecule has 2 aromatic rings. The number of hydrogen-bond donors (Lipinski definition) is 10. The minimum atomic E-state index is -1.83. The van der Waals surface area contributed by atoms with Crippen molar-refractivity contribution < 1.29 is 83.9 Å². The van der Waals surface area contributed by atoms with Crippen LogP contribution in [0.3, 0.4) is 0 Å². The van der Waals surface area contributed by atoms with Gasteiger partial charge in [0.1, 0.15) is 84.6 Å². The van der Waals surface area contributed by atoms with Crippen LogP contribution < -0.4 is 10.4 Å². The zero-order valence-corrected chi connectivity index (χ0v) is 24.3. The summed E-state index contributed by atoms with van der Waals surface area (Å²) in [6.45, 7) is -0.178. The lowest BCUT2D eigenvalue weighted by Gasteiger charge is -2.43. The van der Waals surface area contributed by atoms with Crippen molar-refractivity contribution in [1.82, 2.24) is 0 Å². The normalized spacial score (nSPS) is 41.8. The van der Waals surface area contributed by atoms with Gasteiger partial charge in [-0.25, -0.2) is 4.79 Å². The molecule has 15 unspecified atom stereocenters. The Bertz CT molecular complexity index is 1370. The van der Waals surface area contributed by atoms with Crippen molar-refractivity contribution in [1.29, 1.82) is 0 Å². The van der Waals surface area contributed by atoms with Crippen molar-refractivity contribution in [2.24, 2.45) is 0 Å². The molecule has 3 saturated heterocycles. The van der Waals surface area contributed by atoms with Gasteiger partial charge in [0.2, 0.25) is 6.29 Å². The molecule has 1 aromatic carbocycles. The van der Waals surface area contributed by atoms with E-state index in [9.17, 15) is 55.9 Å². The number of fused-ring (bicyclic) bond motifs is 1. The summed E-state index contributed by atoms with van der Waals surface area (Å²) >= 11 is 0. The summed E-state index contributed by atoms with van der Waals surface area (Å²) in [6.07, 6.45) is -24.6. The van der Waals surface area contributed by atoms with Crippen molar-refractivity contribution in [3.63, 3.8) is 0 Å². The Hall–Kier alpha value is -2.37. The molecule has 5 rings (SSSR count). The fraction of sp³-hybridized carbons (Fsp3) is 0.679. The second-order valence-corrected chi connectivity index (χ2v) is 11.4. The molecule has 10 N–H and O–H groups in total. The molecule has 0 aliphatic carbocycles. The lowest BCUT2D eigenvalue weighted by Crippen LogP contribution is -2.63. The van der Waals surface area contributed by atoms with Gasteiger partial charge in [-0.15, -0.1) is 0 Å². The first kappa shape index (κ1) is 35.0. The number of aryl methyl sites for hydroxylation is 1. The molecule has 258 valence electrons. The summed E-state index contributed by atoms with van der Waals surface area (Å²) in [5.41, 5.74) is 0.275. The van der Waals surface area contributed by atoms with Gasteiger partial charge in [-0.2, -0.15) is 0 Å². The highest BCUT2D eigenvalue weighted by molar-refractivity contribution is 5.81. The third-order valence-electron chi connectivity index (χ3n) is 8.21. The first-order valence-corrected chi connectivity index (χ1v) is 14.4. The largest absolute Gasteiger partial charge is 0.462 e. The number of hydrogen-bond acceptors (Lipinski definition) is 18. The average molecular weight is 663 g/mol. The van der Waals surface area contributed by atoms with Crippen LogP contribution in [-0.4, -0.2) is 163 Å². The highest BCUT2D eigenvalue weighted by atomic mass is 16.7. The van der Waals surface area contributed by atoms with Crippen molar-refractivity contribution in [3.05, 3.63) is 40.2 Å². The molecule has 3 aliphatic rings.